The highest BCUT2D eigenvalue weighted by Crippen LogP contribution is 2.16. The number of rotatable bonds is 3. The molecule has 0 nitrogen and oxygen atoms in total. The van der Waals surface area contributed by atoms with Gasteiger partial charge in [-0.2, -0.15) is 0 Å². The molecule has 1 rings (SSSR count). The van der Waals surface area contributed by atoms with Gasteiger partial charge in [-0.15, -0.1) is 17.7 Å². The normalized spacial score (nSPS) is 9.08. The van der Waals surface area contributed by atoms with Crippen LogP contribution in [0, 0.1) is 11.8 Å². The van der Waals surface area contributed by atoms with E-state index in [0.717, 1.165) is 16.0 Å². The maximum absolute atomic E-state index is 3.45. The van der Waals surface area contributed by atoms with Crippen LogP contribution in [0.25, 0.3) is 0 Å². The Labute approximate surface area is 92.2 Å². The van der Waals surface area contributed by atoms with E-state index in [1.54, 1.807) is 0 Å². The molecule has 0 aliphatic rings. The van der Waals surface area contributed by atoms with Gasteiger partial charge in [0, 0.05) is 10.2 Å². The highest BCUT2D eigenvalue weighted by atomic mass is 79.9. The summed E-state index contributed by atoms with van der Waals surface area (Å²) >= 11 is 5.29. The zero-order valence-electron chi connectivity index (χ0n) is 7.51. The minimum absolute atomic E-state index is 0.920. The van der Waals surface area contributed by atoms with E-state index in [0.29, 0.717) is 0 Å². The maximum Gasteiger partial charge on any atom is 0.0550 e. The van der Waals surface area contributed by atoms with Crippen LogP contribution in [0.3, 0.4) is 0 Å². The average Bonchev–Trinajstić information content (AvgIpc) is 2.13. The van der Waals surface area contributed by atoms with Crippen LogP contribution in [-0.2, 0) is 5.75 Å². The Bertz CT molecular complexity index is 322. The van der Waals surface area contributed by atoms with Crippen LogP contribution in [0.15, 0.2) is 28.7 Å². The first-order chi connectivity index (χ1) is 6.33. The number of halogens is 1. The van der Waals surface area contributed by atoms with Crippen LogP contribution in [-0.4, -0.2) is 5.75 Å². The van der Waals surface area contributed by atoms with Gasteiger partial charge in [-0.25, -0.2) is 0 Å². The average molecular weight is 255 g/mol. The van der Waals surface area contributed by atoms with Gasteiger partial charge in [0.05, 0.1) is 5.75 Å². The Hall–Kier alpha value is -0.390. The summed E-state index contributed by atoms with van der Waals surface area (Å²) in [7, 11) is 0. The number of thioether (sulfide) groups is 1. The summed E-state index contributed by atoms with van der Waals surface area (Å²) < 4.78 is 1.15. The van der Waals surface area contributed by atoms with Crippen LogP contribution >= 0.6 is 27.7 Å². The maximum atomic E-state index is 3.45. The fourth-order valence-corrected chi connectivity index (χ4v) is 2.13. The predicted molar refractivity (Wildman–Crippen MR) is 63.8 cm³/mol. The molecule has 0 amide bonds. The van der Waals surface area contributed by atoms with Crippen molar-refractivity contribution in [3.05, 3.63) is 34.3 Å². The van der Waals surface area contributed by atoms with E-state index >= 15 is 0 Å². The van der Waals surface area contributed by atoms with E-state index in [1.807, 2.05) is 24.8 Å². The predicted octanol–water partition coefficient (Wildman–Crippen LogP) is 3.71. The van der Waals surface area contributed by atoms with Gasteiger partial charge < -0.3 is 0 Å². The molecule has 0 heterocycles. The van der Waals surface area contributed by atoms with Crippen LogP contribution in [0.1, 0.15) is 12.5 Å². The Morgan fingerprint density at radius 2 is 2.31 bits per heavy atom. The zero-order valence-corrected chi connectivity index (χ0v) is 9.91. The molecule has 0 aromatic heterocycles. The van der Waals surface area contributed by atoms with Gasteiger partial charge in [-0.1, -0.05) is 34.0 Å². The molecule has 0 unspecified atom stereocenters. The van der Waals surface area contributed by atoms with E-state index in [-0.39, 0.29) is 0 Å². The Morgan fingerprint density at radius 1 is 1.46 bits per heavy atom. The second kappa shape index (κ2) is 6.12. The van der Waals surface area contributed by atoms with Crippen molar-refractivity contribution in [1.82, 2.24) is 0 Å². The number of hydrogen-bond donors (Lipinski definition) is 0. The van der Waals surface area contributed by atoms with Crippen molar-refractivity contribution < 1.29 is 0 Å². The van der Waals surface area contributed by atoms with Crippen molar-refractivity contribution in [2.45, 2.75) is 12.7 Å². The fourth-order valence-electron chi connectivity index (χ4n) is 0.919. The first-order valence-corrected chi connectivity index (χ1v) is 5.99. The molecule has 0 atom stereocenters. The van der Waals surface area contributed by atoms with Crippen LogP contribution < -0.4 is 0 Å². The summed E-state index contributed by atoms with van der Waals surface area (Å²) in [6.07, 6.45) is 0. The molecule has 0 saturated carbocycles. The lowest BCUT2D eigenvalue weighted by Gasteiger charge is -1.98. The molecular weight excluding hydrogens is 244 g/mol. The van der Waals surface area contributed by atoms with E-state index in [4.69, 9.17) is 0 Å². The van der Waals surface area contributed by atoms with Crippen molar-refractivity contribution in [2.24, 2.45) is 0 Å². The van der Waals surface area contributed by atoms with Crippen LogP contribution in [0.4, 0.5) is 0 Å². The third kappa shape index (κ3) is 4.40. The van der Waals surface area contributed by atoms with Crippen LogP contribution in [0.5, 0.6) is 0 Å². The first-order valence-electron chi connectivity index (χ1n) is 4.04. The summed E-state index contributed by atoms with van der Waals surface area (Å²) in [6, 6.07) is 8.38. The summed E-state index contributed by atoms with van der Waals surface area (Å²) in [5, 5.41) is 0. The van der Waals surface area contributed by atoms with E-state index < -0.39 is 0 Å². The molecule has 0 fully saturated rings. The van der Waals surface area contributed by atoms with Crippen molar-refractivity contribution in [3.8, 4) is 11.8 Å². The molecule has 1 aromatic carbocycles. The molecule has 0 spiro atoms. The molecule has 2 heteroatoms. The summed E-state index contributed by atoms with van der Waals surface area (Å²) in [6.45, 7) is 1.87. The Balaban J connectivity index is 2.39. The standard InChI is InChI=1S/C11H11BrS/c1-2-3-7-13-9-10-5-4-6-11(12)8-10/h4-6,8H,7,9H2,1H3. The van der Waals surface area contributed by atoms with Crippen molar-refractivity contribution in [3.63, 3.8) is 0 Å². The lowest BCUT2D eigenvalue weighted by Crippen LogP contribution is -1.80. The quantitative estimate of drug-likeness (QED) is 0.586. The topological polar surface area (TPSA) is 0 Å². The SMILES string of the molecule is CC#CCSCc1cccc(Br)c1. The van der Waals surface area contributed by atoms with Gasteiger partial charge in [0.1, 0.15) is 0 Å². The van der Waals surface area contributed by atoms with Gasteiger partial charge in [0.25, 0.3) is 0 Å². The molecule has 0 aliphatic carbocycles. The summed E-state index contributed by atoms with van der Waals surface area (Å²) in [4.78, 5) is 0. The van der Waals surface area contributed by atoms with Gasteiger partial charge >= 0.3 is 0 Å². The van der Waals surface area contributed by atoms with Crippen molar-refractivity contribution in [1.29, 1.82) is 0 Å². The summed E-state index contributed by atoms with van der Waals surface area (Å²) in [5.74, 6) is 7.88. The van der Waals surface area contributed by atoms with E-state index in [9.17, 15) is 0 Å². The zero-order chi connectivity index (χ0) is 9.52. The monoisotopic (exact) mass is 254 g/mol. The van der Waals surface area contributed by atoms with Crippen molar-refractivity contribution >= 4 is 27.7 Å². The second-order valence-corrected chi connectivity index (χ2v) is 4.45. The molecule has 0 bridgehead atoms. The second-order valence-electron chi connectivity index (χ2n) is 2.55. The highest BCUT2D eigenvalue weighted by Gasteiger charge is 1.92. The lowest BCUT2D eigenvalue weighted by atomic mass is 10.2. The molecule has 1 aromatic rings. The highest BCUT2D eigenvalue weighted by molar-refractivity contribution is 9.10. The minimum Gasteiger partial charge on any atom is -0.144 e. The largest absolute Gasteiger partial charge is 0.144 e. The smallest absolute Gasteiger partial charge is 0.0550 e. The minimum atomic E-state index is 0.920. The fraction of sp³-hybridized carbons (Fsp3) is 0.273. The Morgan fingerprint density at radius 3 is 3.00 bits per heavy atom. The number of benzene rings is 1. The van der Waals surface area contributed by atoms with E-state index in [2.05, 4.69) is 46.0 Å². The molecule has 0 radical (unpaired) electrons. The van der Waals surface area contributed by atoms with Gasteiger partial charge in [-0.3, -0.25) is 0 Å². The molecule has 0 N–H and O–H groups in total. The van der Waals surface area contributed by atoms with E-state index in [1.165, 1.54) is 5.56 Å². The van der Waals surface area contributed by atoms with Crippen LogP contribution in [0.2, 0.25) is 0 Å². The number of hydrogen-bond acceptors (Lipinski definition) is 1. The lowest BCUT2D eigenvalue weighted by molar-refractivity contribution is 1.40. The summed E-state index contributed by atoms with van der Waals surface area (Å²) in [5.41, 5.74) is 1.34. The molecule has 68 valence electrons. The molecular formula is C11H11BrS. The van der Waals surface area contributed by atoms with Gasteiger partial charge in [0.2, 0.25) is 0 Å². The third-order valence-corrected chi connectivity index (χ3v) is 2.89. The Kier molecular flexibility index (Phi) is 5.03. The molecule has 0 saturated heterocycles. The van der Waals surface area contributed by atoms with Gasteiger partial charge in [-0.05, 0) is 24.6 Å². The van der Waals surface area contributed by atoms with Crippen molar-refractivity contribution in [2.75, 3.05) is 5.75 Å². The third-order valence-electron chi connectivity index (χ3n) is 1.51. The molecule has 0 aliphatic heterocycles. The molecule has 13 heavy (non-hydrogen) atoms. The van der Waals surface area contributed by atoms with Gasteiger partial charge in [0.15, 0.2) is 0 Å². The first kappa shape index (κ1) is 10.7.